The molecule has 2 N–H and O–H groups in total. The number of hydrogen-bond donors (Lipinski definition) is 2. The maximum absolute atomic E-state index is 13.2. The van der Waals surface area contributed by atoms with Crippen LogP contribution in [0.15, 0.2) is 42.5 Å². The molecule has 0 saturated carbocycles. The van der Waals surface area contributed by atoms with Crippen LogP contribution in [0.3, 0.4) is 0 Å². The number of halogens is 1. The van der Waals surface area contributed by atoms with Gasteiger partial charge in [-0.05, 0) is 86.7 Å². The monoisotopic (exact) mass is 542 g/mol. The summed E-state index contributed by atoms with van der Waals surface area (Å²) in [5.74, 6) is -0.845. The highest BCUT2D eigenvalue weighted by Gasteiger charge is 2.29. The summed E-state index contributed by atoms with van der Waals surface area (Å²) < 4.78 is 11.3. The standard InChI is InChI=1S/C28H31ClN2O5S/c1-6-14-35-28(34)23-18(5)24(26(33)30-20-11-9-19(29)10-12-20)37-27(23)31-25(32)22(7-2)36-21-13-8-16(3)17(4)15-21/h8-13,15,22H,6-7,14H2,1-5H3,(H,30,33)(H,31,32)/t22-/m1/s1. The summed E-state index contributed by atoms with van der Waals surface area (Å²) in [6.45, 7) is 9.59. The quantitative estimate of drug-likeness (QED) is 0.270. The van der Waals surface area contributed by atoms with Crippen molar-refractivity contribution in [3.05, 3.63) is 74.6 Å². The first-order valence-corrected chi connectivity index (χ1v) is 13.3. The fourth-order valence-corrected chi connectivity index (χ4v) is 4.74. The Balaban J connectivity index is 1.88. The minimum Gasteiger partial charge on any atom is -0.481 e. The van der Waals surface area contributed by atoms with E-state index < -0.39 is 23.9 Å². The number of ether oxygens (including phenoxy) is 2. The lowest BCUT2D eigenvalue weighted by molar-refractivity contribution is -0.122. The average Bonchev–Trinajstić information content (AvgIpc) is 3.20. The molecule has 0 fully saturated rings. The molecule has 0 aliphatic carbocycles. The number of benzene rings is 2. The van der Waals surface area contributed by atoms with Gasteiger partial charge < -0.3 is 20.1 Å². The van der Waals surface area contributed by atoms with Crippen molar-refractivity contribution in [3.8, 4) is 5.75 Å². The van der Waals surface area contributed by atoms with Crippen LogP contribution in [0.4, 0.5) is 10.7 Å². The molecule has 37 heavy (non-hydrogen) atoms. The molecular formula is C28H31ClN2O5S. The minimum absolute atomic E-state index is 0.161. The molecule has 2 amide bonds. The molecule has 2 aromatic carbocycles. The lowest BCUT2D eigenvalue weighted by atomic mass is 10.1. The van der Waals surface area contributed by atoms with Crippen LogP contribution in [0.2, 0.25) is 5.02 Å². The summed E-state index contributed by atoms with van der Waals surface area (Å²) >= 11 is 6.95. The van der Waals surface area contributed by atoms with Gasteiger partial charge in [-0.15, -0.1) is 11.3 Å². The second-order valence-electron chi connectivity index (χ2n) is 8.61. The third kappa shape index (κ3) is 7.11. The van der Waals surface area contributed by atoms with Gasteiger partial charge in [0.15, 0.2) is 6.10 Å². The van der Waals surface area contributed by atoms with Crippen molar-refractivity contribution < 1.29 is 23.9 Å². The predicted molar refractivity (Wildman–Crippen MR) is 148 cm³/mol. The Hall–Kier alpha value is -3.36. The molecule has 196 valence electrons. The van der Waals surface area contributed by atoms with Crippen LogP contribution < -0.4 is 15.4 Å². The Morgan fingerprint density at radius 1 is 0.973 bits per heavy atom. The van der Waals surface area contributed by atoms with E-state index in [-0.39, 0.29) is 22.0 Å². The van der Waals surface area contributed by atoms with Gasteiger partial charge in [-0.1, -0.05) is 31.5 Å². The molecule has 7 nitrogen and oxygen atoms in total. The highest BCUT2D eigenvalue weighted by atomic mass is 35.5. The number of amides is 2. The van der Waals surface area contributed by atoms with E-state index in [1.807, 2.05) is 45.9 Å². The van der Waals surface area contributed by atoms with Gasteiger partial charge in [-0.25, -0.2) is 4.79 Å². The highest BCUT2D eigenvalue weighted by molar-refractivity contribution is 7.19. The summed E-state index contributed by atoms with van der Waals surface area (Å²) in [5.41, 5.74) is 3.32. The largest absolute Gasteiger partial charge is 0.481 e. The van der Waals surface area contributed by atoms with Gasteiger partial charge in [-0.3, -0.25) is 9.59 Å². The number of anilines is 2. The van der Waals surface area contributed by atoms with Crippen molar-refractivity contribution >= 4 is 51.4 Å². The number of carbonyl (C=O) groups excluding carboxylic acids is 3. The molecule has 3 aromatic rings. The van der Waals surface area contributed by atoms with Crippen LogP contribution in [-0.4, -0.2) is 30.5 Å². The number of nitrogens with one attached hydrogen (secondary N) is 2. The molecule has 0 saturated heterocycles. The van der Waals surface area contributed by atoms with E-state index in [1.165, 1.54) is 0 Å². The molecule has 0 aliphatic heterocycles. The van der Waals surface area contributed by atoms with Gasteiger partial charge in [-0.2, -0.15) is 0 Å². The Morgan fingerprint density at radius 3 is 2.30 bits per heavy atom. The molecule has 0 aliphatic rings. The lowest BCUT2D eigenvalue weighted by Gasteiger charge is -2.18. The third-order valence-electron chi connectivity index (χ3n) is 5.75. The maximum atomic E-state index is 13.2. The lowest BCUT2D eigenvalue weighted by Crippen LogP contribution is -2.32. The van der Waals surface area contributed by atoms with E-state index >= 15 is 0 Å². The summed E-state index contributed by atoms with van der Waals surface area (Å²) in [6.07, 6.45) is 0.251. The summed E-state index contributed by atoms with van der Waals surface area (Å²) in [5, 5.41) is 6.40. The maximum Gasteiger partial charge on any atom is 0.341 e. The molecule has 0 unspecified atom stereocenters. The third-order valence-corrected chi connectivity index (χ3v) is 7.21. The number of hydrogen-bond acceptors (Lipinski definition) is 6. The molecule has 0 spiro atoms. The Bertz CT molecular complexity index is 1290. The Morgan fingerprint density at radius 2 is 1.68 bits per heavy atom. The summed E-state index contributed by atoms with van der Waals surface area (Å²) in [7, 11) is 0. The molecule has 0 bridgehead atoms. The van der Waals surface area contributed by atoms with Crippen molar-refractivity contribution in [2.45, 2.75) is 53.6 Å². The number of esters is 1. The molecule has 1 aromatic heterocycles. The van der Waals surface area contributed by atoms with E-state index in [1.54, 1.807) is 31.2 Å². The van der Waals surface area contributed by atoms with Gasteiger partial charge in [0.25, 0.3) is 11.8 Å². The first kappa shape index (κ1) is 28.2. The Labute approximate surface area is 226 Å². The topological polar surface area (TPSA) is 93.7 Å². The van der Waals surface area contributed by atoms with Gasteiger partial charge in [0.1, 0.15) is 10.8 Å². The van der Waals surface area contributed by atoms with Crippen LogP contribution in [0.1, 0.15) is 63.4 Å². The summed E-state index contributed by atoms with van der Waals surface area (Å²) in [4.78, 5) is 39.5. The number of aryl methyl sites for hydroxylation is 2. The van der Waals surface area contributed by atoms with E-state index in [2.05, 4.69) is 10.6 Å². The van der Waals surface area contributed by atoms with Gasteiger partial charge in [0, 0.05) is 10.7 Å². The minimum atomic E-state index is -0.796. The number of carbonyl (C=O) groups is 3. The average molecular weight is 543 g/mol. The SMILES string of the molecule is CCCOC(=O)c1c(NC(=O)[C@@H](CC)Oc2ccc(C)c(C)c2)sc(C(=O)Nc2ccc(Cl)cc2)c1C. The molecule has 0 radical (unpaired) electrons. The zero-order valence-corrected chi connectivity index (χ0v) is 23.1. The predicted octanol–water partition coefficient (Wildman–Crippen LogP) is 6.94. The van der Waals surface area contributed by atoms with Crippen molar-refractivity contribution in [2.24, 2.45) is 0 Å². The molecule has 1 atom stereocenters. The highest BCUT2D eigenvalue weighted by Crippen LogP contribution is 2.35. The molecule has 3 rings (SSSR count). The molecule has 1 heterocycles. The zero-order chi connectivity index (χ0) is 27.1. The van der Waals surface area contributed by atoms with Crippen molar-refractivity contribution in [1.82, 2.24) is 0 Å². The second kappa shape index (κ2) is 12.7. The number of thiophene rings is 1. The number of rotatable bonds is 10. The van der Waals surface area contributed by atoms with Crippen LogP contribution in [0.25, 0.3) is 0 Å². The van der Waals surface area contributed by atoms with Crippen molar-refractivity contribution in [1.29, 1.82) is 0 Å². The Kier molecular flexibility index (Phi) is 9.72. The van der Waals surface area contributed by atoms with Crippen molar-refractivity contribution in [2.75, 3.05) is 17.2 Å². The molecule has 9 heteroatoms. The van der Waals surface area contributed by atoms with E-state index in [4.69, 9.17) is 21.1 Å². The second-order valence-corrected chi connectivity index (χ2v) is 10.1. The fraction of sp³-hybridized carbons (Fsp3) is 0.321. The van der Waals surface area contributed by atoms with Gasteiger partial charge in [0.2, 0.25) is 0 Å². The van der Waals surface area contributed by atoms with Crippen LogP contribution >= 0.6 is 22.9 Å². The van der Waals surface area contributed by atoms with Crippen molar-refractivity contribution in [3.63, 3.8) is 0 Å². The first-order chi connectivity index (χ1) is 17.6. The van der Waals surface area contributed by atoms with Crippen LogP contribution in [0.5, 0.6) is 5.75 Å². The summed E-state index contributed by atoms with van der Waals surface area (Å²) in [6, 6.07) is 12.3. The van der Waals surface area contributed by atoms with E-state index in [9.17, 15) is 14.4 Å². The zero-order valence-electron chi connectivity index (χ0n) is 21.6. The van der Waals surface area contributed by atoms with Crippen LogP contribution in [0, 0.1) is 20.8 Å². The first-order valence-electron chi connectivity index (χ1n) is 12.1. The fourth-order valence-electron chi connectivity index (χ4n) is 3.52. The smallest absolute Gasteiger partial charge is 0.341 e. The van der Waals surface area contributed by atoms with Gasteiger partial charge >= 0.3 is 5.97 Å². The van der Waals surface area contributed by atoms with Gasteiger partial charge in [0.05, 0.1) is 17.0 Å². The van der Waals surface area contributed by atoms with Crippen LogP contribution in [-0.2, 0) is 9.53 Å². The van der Waals surface area contributed by atoms with E-state index in [0.29, 0.717) is 34.9 Å². The molecular weight excluding hydrogens is 512 g/mol. The normalized spacial score (nSPS) is 11.5. The van der Waals surface area contributed by atoms with E-state index in [0.717, 1.165) is 22.5 Å².